The minimum Gasteiger partial charge on any atom is -0.356 e. The molecule has 3 rings (SSSR count). The van der Waals surface area contributed by atoms with E-state index in [1.807, 2.05) is 6.20 Å². The maximum atomic E-state index is 4.67. The lowest BCUT2D eigenvalue weighted by atomic mass is 9.85. The van der Waals surface area contributed by atoms with E-state index in [2.05, 4.69) is 41.3 Å². The van der Waals surface area contributed by atoms with Gasteiger partial charge in [0.25, 0.3) is 0 Å². The van der Waals surface area contributed by atoms with Gasteiger partial charge >= 0.3 is 0 Å². The van der Waals surface area contributed by atoms with Gasteiger partial charge in [0.1, 0.15) is 5.82 Å². The zero-order chi connectivity index (χ0) is 13.9. The van der Waals surface area contributed by atoms with Gasteiger partial charge in [0, 0.05) is 37.4 Å². The van der Waals surface area contributed by atoms with Crippen LogP contribution in [0, 0.1) is 5.92 Å². The summed E-state index contributed by atoms with van der Waals surface area (Å²) in [4.78, 5) is 7.11. The number of hydrogen-bond donors (Lipinski definition) is 1. The van der Waals surface area contributed by atoms with Crippen molar-refractivity contribution in [1.82, 2.24) is 10.3 Å². The first kappa shape index (κ1) is 13.9. The van der Waals surface area contributed by atoms with E-state index in [4.69, 9.17) is 0 Å². The number of aromatic nitrogens is 1. The third kappa shape index (κ3) is 3.14. The molecule has 2 unspecified atom stereocenters. The maximum absolute atomic E-state index is 4.67. The summed E-state index contributed by atoms with van der Waals surface area (Å²) in [6.07, 6.45) is 10.0. The van der Waals surface area contributed by atoms with E-state index in [9.17, 15) is 0 Å². The van der Waals surface area contributed by atoms with Crippen LogP contribution in [0.2, 0.25) is 0 Å². The SMILES string of the molecule is CC1CCCCC1N(C)c1ncccc1CNC1CC1. The van der Waals surface area contributed by atoms with Crippen molar-refractivity contribution >= 4 is 5.82 Å². The van der Waals surface area contributed by atoms with Gasteiger partial charge in [0.15, 0.2) is 0 Å². The number of rotatable bonds is 5. The smallest absolute Gasteiger partial charge is 0.133 e. The van der Waals surface area contributed by atoms with Gasteiger partial charge < -0.3 is 10.2 Å². The molecule has 0 saturated heterocycles. The molecule has 2 saturated carbocycles. The van der Waals surface area contributed by atoms with E-state index >= 15 is 0 Å². The molecular weight excluding hydrogens is 246 g/mol. The molecule has 2 aliphatic carbocycles. The van der Waals surface area contributed by atoms with Crippen LogP contribution in [0.4, 0.5) is 5.82 Å². The van der Waals surface area contributed by atoms with Gasteiger partial charge in [0.05, 0.1) is 0 Å². The van der Waals surface area contributed by atoms with Crippen molar-refractivity contribution in [3.05, 3.63) is 23.9 Å². The molecule has 1 aromatic rings. The first-order valence-electron chi connectivity index (χ1n) is 8.16. The van der Waals surface area contributed by atoms with Gasteiger partial charge in [-0.25, -0.2) is 4.98 Å². The van der Waals surface area contributed by atoms with Crippen LogP contribution in [0.15, 0.2) is 18.3 Å². The van der Waals surface area contributed by atoms with Crippen LogP contribution in [0.25, 0.3) is 0 Å². The van der Waals surface area contributed by atoms with Gasteiger partial charge in [0.2, 0.25) is 0 Å². The Bertz CT molecular complexity index is 442. The number of nitrogens with one attached hydrogen (secondary N) is 1. The highest BCUT2D eigenvalue weighted by atomic mass is 15.2. The topological polar surface area (TPSA) is 28.2 Å². The Kier molecular flexibility index (Phi) is 4.25. The van der Waals surface area contributed by atoms with E-state index < -0.39 is 0 Å². The largest absolute Gasteiger partial charge is 0.356 e. The quantitative estimate of drug-likeness (QED) is 0.891. The summed E-state index contributed by atoms with van der Waals surface area (Å²) in [6.45, 7) is 3.35. The molecule has 0 amide bonds. The van der Waals surface area contributed by atoms with Gasteiger partial charge in [-0.1, -0.05) is 25.8 Å². The Morgan fingerprint density at radius 3 is 2.80 bits per heavy atom. The molecule has 2 aliphatic rings. The Morgan fingerprint density at radius 2 is 2.05 bits per heavy atom. The van der Waals surface area contributed by atoms with Crippen molar-refractivity contribution in [2.24, 2.45) is 5.92 Å². The summed E-state index contributed by atoms with van der Waals surface area (Å²) in [6, 6.07) is 5.69. The monoisotopic (exact) mass is 273 g/mol. The molecule has 1 N–H and O–H groups in total. The lowest BCUT2D eigenvalue weighted by Gasteiger charge is -2.37. The fraction of sp³-hybridized carbons (Fsp3) is 0.706. The molecule has 3 nitrogen and oxygen atoms in total. The lowest BCUT2D eigenvalue weighted by Crippen LogP contribution is -2.40. The third-order valence-corrected chi connectivity index (χ3v) is 4.92. The van der Waals surface area contributed by atoms with E-state index in [0.717, 1.165) is 18.5 Å². The van der Waals surface area contributed by atoms with Gasteiger partial charge in [-0.15, -0.1) is 0 Å². The van der Waals surface area contributed by atoms with Crippen molar-refractivity contribution in [3.63, 3.8) is 0 Å². The van der Waals surface area contributed by atoms with Gasteiger partial charge in [-0.3, -0.25) is 0 Å². The highest BCUT2D eigenvalue weighted by molar-refractivity contribution is 5.47. The number of pyridine rings is 1. The fourth-order valence-electron chi connectivity index (χ4n) is 3.46. The molecule has 0 radical (unpaired) electrons. The first-order valence-corrected chi connectivity index (χ1v) is 8.16. The van der Waals surface area contributed by atoms with Gasteiger partial charge in [-0.05, 0) is 37.7 Å². The third-order valence-electron chi connectivity index (χ3n) is 4.92. The van der Waals surface area contributed by atoms with Crippen LogP contribution in [-0.4, -0.2) is 24.1 Å². The van der Waals surface area contributed by atoms with Crippen molar-refractivity contribution in [2.75, 3.05) is 11.9 Å². The number of nitrogens with zero attached hydrogens (tertiary/aromatic N) is 2. The van der Waals surface area contributed by atoms with Crippen LogP contribution in [0.1, 0.15) is 51.0 Å². The molecule has 20 heavy (non-hydrogen) atoms. The predicted molar refractivity (Wildman–Crippen MR) is 83.9 cm³/mol. The van der Waals surface area contributed by atoms with Gasteiger partial charge in [-0.2, -0.15) is 0 Å². The Balaban J connectivity index is 1.73. The predicted octanol–water partition coefficient (Wildman–Crippen LogP) is 3.35. The molecule has 0 spiro atoms. The molecule has 1 aromatic heterocycles. The van der Waals surface area contributed by atoms with E-state index in [-0.39, 0.29) is 0 Å². The average Bonchev–Trinajstić information content (AvgIpc) is 3.29. The Morgan fingerprint density at radius 1 is 1.25 bits per heavy atom. The molecular formula is C17H27N3. The van der Waals surface area contributed by atoms with Crippen LogP contribution >= 0.6 is 0 Å². The molecule has 2 atom stereocenters. The summed E-state index contributed by atoms with van der Waals surface area (Å²) >= 11 is 0. The second-order valence-corrected chi connectivity index (χ2v) is 6.58. The molecule has 110 valence electrons. The maximum Gasteiger partial charge on any atom is 0.133 e. The number of hydrogen-bond acceptors (Lipinski definition) is 3. The molecule has 3 heteroatoms. The second-order valence-electron chi connectivity index (χ2n) is 6.58. The fourth-order valence-corrected chi connectivity index (χ4v) is 3.46. The van der Waals surface area contributed by atoms with Crippen LogP contribution in [0.3, 0.4) is 0 Å². The van der Waals surface area contributed by atoms with Crippen molar-refractivity contribution in [3.8, 4) is 0 Å². The zero-order valence-corrected chi connectivity index (χ0v) is 12.8. The minimum absolute atomic E-state index is 0.651. The van der Waals surface area contributed by atoms with Crippen LogP contribution in [-0.2, 0) is 6.54 Å². The molecule has 2 fully saturated rings. The summed E-state index contributed by atoms with van der Waals surface area (Å²) < 4.78 is 0. The summed E-state index contributed by atoms with van der Waals surface area (Å²) in [5, 5.41) is 3.62. The average molecular weight is 273 g/mol. The van der Waals surface area contributed by atoms with Crippen molar-refractivity contribution in [2.45, 2.75) is 64.1 Å². The molecule has 0 aliphatic heterocycles. The van der Waals surface area contributed by atoms with Crippen LogP contribution < -0.4 is 10.2 Å². The minimum atomic E-state index is 0.651. The molecule has 1 heterocycles. The molecule has 0 bridgehead atoms. The van der Waals surface area contributed by atoms with Crippen molar-refractivity contribution < 1.29 is 0 Å². The summed E-state index contributed by atoms with van der Waals surface area (Å²) in [5.74, 6) is 1.96. The summed E-state index contributed by atoms with van der Waals surface area (Å²) in [7, 11) is 2.23. The lowest BCUT2D eigenvalue weighted by molar-refractivity contribution is 0.320. The number of anilines is 1. The van der Waals surface area contributed by atoms with E-state index in [1.54, 1.807) is 0 Å². The van der Waals surface area contributed by atoms with E-state index in [1.165, 1.54) is 49.9 Å². The van der Waals surface area contributed by atoms with E-state index in [0.29, 0.717) is 6.04 Å². The normalized spacial score (nSPS) is 26.5. The highest BCUT2D eigenvalue weighted by Crippen LogP contribution is 2.31. The Labute approximate surface area is 122 Å². The first-order chi connectivity index (χ1) is 9.75. The summed E-state index contributed by atoms with van der Waals surface area (Å²) in [5.41, 5.74) is 1.35. The van der Waals surface area contributed by atoms with Crippen molar-refractivity contribution in [1.29, 1.82) is 0 Å². The standard InChI is InChI=1S/C17H27N3/c1-13-6-3-4-8-16(13)20(2)17-14(7-5-11-18-17)12-19-15-9-10-15/h5,7,11,13,15-16,19H,3-4,6,8-10,12H2,1-2H3. The second kappa shape index (κ2) is 6.13. The Hall–Kier alpha value is -1.09. The zero-order valence-electron chi connectivity index (χ0n) is 12.8. The molecule has 0 aromatic carbocycles. The van der Waals surface area contributed by atoms with Crippen LogP contribution in [0.5, 0.6) is 0 Å². The highest BCUT2D eigenvalue weighted by Gasteiger charge is 2.27.